The van der Waals surface area contributed by atoms with Gasteiger partial charge in [0.25, 0.3) is 0 Å². The van der Waals surface area contributed by atoms with E-state index in [1.54, 1.807) is 6.26 Å². The number of nitrogens with one attached hydrogen (secondary N) is 1. The zero-order chi connectivity index (χ0) is 15.0. The van der Waals surface area contributed by atoms with Gasteiger partial charge >= 0.3 is 0 Å². The molecule has 2 N–H and O–H groups in total. The van der Waals surface area contributed by atoms with Crippen molar-refractivity contribution < 1.29 is 14.1 Å². The molecule has 5 heteroatoms. The molecule has 0 saturated carbocycles. The highest BCUT2D eigenvalue weighted by Crippen LogP contribution is 2.24. The van der Waals surface area contributed by atoms with E-state index in [-0.39, 0.29) is 5.25 Å². The molecule has 0 fully saturated rings. The lowest BCUT2D eigenvalue weighted by Gasteiger charge is -2.25. The van der Waals surface area contributed by atoms with Crippen molar-refractivity contribution in [2.45, 2.75) is 38.0 Å². The predicted octanol–water partition coefficient (Wildman–Crippen LogP) is 1.32. The van der Waals surface area contributed by atoms with Crippen LogP contribution in [0.15, 0.2) is 12.2 Å². The summed E-state index contributed by atoms with van der Waals surface area (Å²) >= 11 is 0. The van der Waals surface area contributed by atoms with Gasteiger partial charge in [-0.05, 0) is 31.6 Å². The Kier molecular flexibility index (Phi) is 8.61. The molecule has 1 aliphatic carbocycles. The highest BCUT2D eigenvalue weighted by Gasteiger charge is 2.18. The fourth-order valence-corrected chi connectivity index (χ4v) is 2.58. The van der Waals surface area contributed by atoms with E-state index in [9.17, 15) is 9.32 Å². The van der Waals surface area contributed by atoms with Crippen LogP contribution < -0.4 is 5.32 Å². The standard InChI is InChI=1S/C15H29NO3S/c1-12-6-4-5-7-14(12)10-19-11-15(17)9-16-8-13(2)20(3)18/h4-5,12-17H,6-11H2,1-3H3. The van der Waals surface area contributed by atoms with Crippen molar-refractivity contribution in [3.05, 3.63) is 12.2 Å². The molecular formula is C15H29NO3S. The van der Waals surface area contributed by atoms with Crippen molar-refractivity contribution in [2.75, 3.05) is 32.6 Å². The van der Waals surface area contributed by atoms with Gasteiger partial charge in [0.2, 0.25) is 0 Å². The van der Waals surface area contributed by atoms with Crippen LogP contribution in [-0.2, 0) is 15.5 Å². The molecule has 0 heterocycles. The fraction of sp³-hybridized carbons (Fsp3) is 0.867. The molecule has 0 aromatic rings. The maximum atomic E-state index is 11.2. The summed E-state index contributed by atoms with van der Waals surface area (Å²) in [6.07, 6.45) is 7.87. The number of rotatable bonds is 9. The Morgan fingerprint density at radius 3 is 2.75 bits per heavy atom. The number of ether oxygens (including phenoxy) is 1. The summed E-state index contributed by atoms with van der Waals surface area (Å²) in [4.78, 5) is 0. The van der Waals surface area contributed by atoms with Crippen LogP contribution in [0.2, 0.25) is 0 Å². The molecule has 118 valence electrons. The lowest BCUT2D eigenvalue weighted by atomic mass is 9.85. The lowest BCUT2D eigenvalue weighted by Crippen LogP contribution is -2.36. The first-order chi connectivity index (χ1) is 9.50. The second-order valence-corrected chi connectivity index (χ2v) is 7.64. The minimum absolute atomic E-state index is 0.109. The molecule has 0 amide bonds. The first-order valence-corrected chi connectivity index (χ1v) is 9.06. The summed E-state index contributed by atoms with van der Waals surface area (Å²) in [6.45, 7) is 6.42. The molecule has 0 aromatic carbocycles. The van der Waals surface area contributed by atoms with Gasteiger partial charge in [-0.3, -0.25) is 4.21 Å². The zero-order valence-corrected chi connectivity index (χ0v) is 13.7. The van der Waals surface area contributed by atoms with E-state index in [0.717, 1.165) is 19.4 Å². The minimum Gasteiger partial charge on any atom is -0.389 e. The van der Waals surface area contributed by atoms with Crippen LogP contribution in [0, 0.1) is 11.8 Å². The van der Waals surface area contributed by atoms with Crippen LogP contribution in [0.5, 0.6) is 0 Å². The van der Waals surface area contributed by atoms with Crippen LogP contribution in [0.25, 0.3) is 0 Å². The van der Waals surface area contributed by atoms with E-state index < -0.39 is 16.9 Å². The monoisotopic (exact) mass is 303 g/mol. The van der Waals surface area contributed by atoms with Gasteiger partial charge in [0, 0.05) is 35.4 Å². The van der Waals surface area contributed by atoms with E-state index >= 15 is 0 Å². The Morgan fingerprint density at radius 2 is 2.10 bits per heavy atom. The molecule has 0 bridgehead atoms. The minimum atomic E-state index is -0.820. The molecule has 1 aliphatic rings. The Labute approximate surface area is 125 Å². The second-order valence-electron chi connectivity index (χ2n) is 5.84. The third kappa shape index (κ3) is 6.97. The topological polar surface area (TPSA) is 58.6 Å². The van der Waals surface area contributed by atoms with Gasteiger partial charge in [0.1, 0.15) is 0 Å². The zero-order valence-electron chi connectivity index (χ0n) is 12.9. The maximum Gasteiger partial charge on any atom is 0.0897 e. The van der Waals surface area contributed by atoms with Gasteiger partial charge in [0.05, 0.1) is 19.3 Å². The van der Waals surface area contributed by atoms with Crippen LogP contribution in [0.4, 0.5) is 0 Å². The number of hydrogen-bond acceptors (Lipinski definition) is 4. The first kappa shape index (κ1) is 17.8. The van der Waals surface area contributed by atoms with E-state index in [4.69, 9.17) is 4.74 Å². The number of aliphatic hydroxyl groups excluding tert-OH is 1. The highest BCUT2D eigenvalue weighted by atomic mass is 32.2. The smallest absolute Gasteiger partial charge is 0.0897 e. The van der Waals surface area contributed by atoms with Gasteiger partial charge in [0.15, 0.2) is 0 Å². The Hall–Kier alpha value is -0.230. The number of hydrogen-bond donors (Lipinski definition) is 2. The van der Waals surface area contributed by atoms with Crippen molar-refractivity contribution in [2.24, 2.45) is 11.8 Å². The largest absolute Gasteiger partial charge is 0.389 e. The van der Waals surface area contributed by atoms with E-state index in [2.05, 4.69) is 24.4 Å². The van der Waals surface area contributed by atoms with Crippen LogP contribution in [-0.4, -0.2) is 53.2 Å². The van der Waals surface area contributed by atoms with Crippen molar-refractivity contribution in [3.63, 3.8) is 0 Å². The summed E-state index contributed by atoms with van der Waals surface area (Å²) in [6, 6.07) is 0. The van der Waals surface area contributed by atoms with Gasteiger partial charge in [-0.25, -0.2) is 0 Å². The van der Waals surface area contributed by atoms with Crippen LogP contribution in [0.3, 0.4) is 0 Å². The van der Waals surface area contributed by atoms with Crippen molar-refractivity contribution in [1.82, 2.24) is 5.32 Å². The Morgan fingerprint density at radius 1 is 1.40 bits per heavy atom. The highest BCUT2D eigenvalue weighted by molar-refractivity contribution is 7.84. The lowest BCUT2D eigenvalue weighted by molar-refractivity contribution is 0.0130. The van der Waals surface area contributed by atoms with E-state index in [1.165, 1.54) is 0 Å². The molecule has 0 radical (unpaired) electrons. The third-order valence-corrected chi connectivity index (χ3v) is 5.24. The summed E-state index contributed by atoms with van der Waals surface area (Å²) in [5.41, 5.74) is 0. The molecule has 1 rings (SSSR count). The van der Waals surface area contributed by atoms with E-state index in [1.807, 2.05) is 6.92 Å². The second kappa shape index (κ2) is 9.66. The van der Waals surface area contributed by atoms with Crippen LogP contribution in [0.1, 0.15) is 26.7 Å². The average Bonchev–Trinajstić information content (AvgIpc) is 2.40. The SMILES string of the molecule is CC1CC=CCC1COCC(O)CNCC(C)S(C)=O. The summed E-state index contributed by atoms with van der Waals surface area (Å²) < 4.78 is 16.8. The third-order valence-electron chi connectivity index (χ3n) is 3.94. The first-order valence-electron chi connectivity index (χ1n) is 7.44. The normalized spacial score (nSPS) is 27.2. The molecule has 4 nitrogen and oxygen atoms in total. The van der Waals surface area contributed by atoms with Gasteiger partial charge in [-0.1, -0.05) is 19.1 Å². The maximum absolute atomic E-state index is 11.2. The fourth-order valence-electron chi connectivity index (χ4n) is 2.22. The molecule has 0 aliphatic heterocycles. The molecular weight excluding hydrogens is 274 g/mol. The molecule has 0 spiro atoms. The molecule has 5 unspecified atom stereocenters. The van der Waals surface area contributed by atoms with E-state index in [0.29, 0.717) is 31.5 Å². The summed E-state index contributed by atoms with van der Waals surface area (Å²) in [5, 5.41) is 13.1. The van der Waals surface area contributed by atoms with Crippen molar-refractivity contribution in [1.29, 1.82) is 0 Å². The number of aliphatic hydroxyl groups is 1. The van der Waals surface area contributed by atoms with Gasteiger partial charge < -0.3 is 15.2 Å². The summed E-state index contributed by atoms with van der Waals surface area (Å²) in [5.74, 6) is 1.23. The Balaban J connectivity index is 2.06. The van der Waals surface area contributed by atoms with Crippen molar-refractivity contribution in [3.8, 4) is 0 Å². The number of allylic oxidation sites excluding steroid dienone is 2. The molecule has 20 heavy (non-hydrogen) atoms. The average molecular weight is 303 g/mol. The van der Waals surface area contributed by atoms with Gasteiger partial charge in [-0.15, -0.1) is 0 Å². The van der Waals surface area contributed by atoms with Gasteiger partial charge in [-0.2, -0.15) is 0 Å². The summed E-state index contributed by atoms with van der Waals surface area (Å²) in [7, 11) is -0.820. The molecule has 0 saturated heterocycles. The molecule has 5 atom stereocenters. The van der Waals surface area contributed by atoms with Crippen molar-refractivity contribution >= 4 is 10.8 Å². The predicted molar refractivity (Wildman–Crippen MR) is 84.3 cm³/mol. The Bertz CT molecular complexity index is 322. The quantitative estimate of drug-likeness (QED) is 0.631. The molecule has 0 aromatic heterocycles. The van der Waals surface area contributed by atoms with Crippen LogP contribution >= 0.6 is 0 Å².